The summed E-state index contributed by atoms with van der Waals surface area (Å²) in [6.07, 6.45) is 3.16. The minimum absolute atomic E-state index is 0.193. The number of aryl methyl sites for hydroxylation is 2. The maximum Gasteiger partial charge on any atom is 0.345 e. The summed E-state index contributed by atoms with van der Waals surface area (Å²) < 4.78 is 7.70. The number of nitrogens with zero attached hydrogens (tertiary/aromatic N) is 5. The lowest BCUT2D eigenvalue weighted by atomic mass is 10.3. The lowest BCUT2D eigenvalue weighted by Gasteiger charge is -1.91. The van der Waals surface area contributed by atoms with Gasteiger partial charge in [0.15, 0.2) is 5.82 Å². The predicted molar refractivity (Wildman–Crippen MR) is 54.9 cm³/mol. The highest BCUT2D eigenvalue weighted by atomic mass is 16.5. The van der Waals surface area contributed by atoms with Crippen molar-refractivity contribution >= 4 is 0 Å². The van der Waals surface area contributed by atoms with E-state index in [1.54, 1.807) is 7.05 Å². The monoisotopic (exact) mass is 223 g/mol. The zero-order valence-electron chi connectivity index (χ0n) is 9.25. The van der Waals surface area contributed by atoms with Crippen molar-refractivity contribution in [3.8, 4) is 0 Å². The van der Waals surface area contributed by atoms with Crippen LogP contribution in [0.15, 0.2) is 15.6 Å². The maximum absolute atomic E-state index is 11.5. The van der Waals surface area contributed by atoms with Crippen molar-refractivity contribution in [3.05, 3.63) is 28.5 Å². The molecule has 0 spiro atoms. The van der Waals surface area contributed by atoms with Crippen LogP contribution in [0.4, 0.5) is 0 Å². The lowest BCUT2D eigenvalue weighted by molar-refractivity contribution is 0.370. The minimum Gasteiger partial charge on any atom is -0.339 e. The Kier molecular flexibility index (Phi) is 2.84. The fourth-order valence-corrected chi connectivity index (χ4v) is 1.33. The predicted octanol–water partition coefficient (Wildman–Crippen LogP) is -0.0344. The fraction of sp³-hybridized carbons (Fsp3) is 0.556. The second-order valence-corrected chi connectivity index (χ2v) is 3.54. The van der Waals surface area contributed by atoms with Crippen LogP contribution in [0.5, 0.6) is 0 Å². The second kappa shape index (κ2) is 4.30. The van der Waals surface area contributed by atoms with Crippen molar-refractivity contribution in [3.63, 3.8) is 0 Å². The van der Waals surface area contributed by atoms with Crippen LogP contribution in [0.2, 0.25) is 0 Å². The molecular weight excluding hydrogens is 210 g/mol. The van der Waals surface area contributed by atoms with E-state index in [9.17, 15) is 4.79 Å². The van der Waals surface area contributed by atoms with E-state index in [2.05, 4.69) is 15.2 Å². The van der Waals surface area contributed by atoms with Crippen molar-refractivity contribution in [1.29, 1.82) is 0 Å². The van der Waals surface area contributed by atoms with Gasteiger partial charge in [0.25, 0.3) is 0 Å². The van der Waals surface area contributed by atoms with E-state index in [1.807, 2.05) is 6.92 Å². The van der Waals surface area contributed by atoms with Crippen molar-refractivity contribution < 1.29 is 4.52 Å². The SMILES string of the molecule is CCCc1nc(Cn2ncn(C)c2=O)no1. The highest BCUT2D eigenvalue weighted by molar-refractivity contribution is 4.87. The molecule has 16 heavy (non-hydrogen) atoms. The number of aromatic nitrogens is 5. The molecule has 2 rings (SSSR count). The molecule has 7 heteroatoms. The molecule has 86 valence electrons. The molecule has 0 aromatic carbocycles. The largest absolute Gasteiger partial charge is 0.345 e. The summed E-state index contributed by atoms with van der Waals surface area (Å²) in [7, 11) is 1.64. The Morgan fingerprint density at radius 3 is 2.94 bits per heavy atom. The van der Waals surface area contributed by atoms with Gasteiger partial charge < -0.3 is 4.52 Å². The van der Waals surface area contributed by atoms with E-state index >= 15 is 0 Å². The van der Waals surface area contributed by atoms with Crippen LogP contribution in [-0.2, 0) is 20.0 Å². The number of rotatable bonds is 4. The van der Waals surface area contributed by atoms with E-state index in [1.165, 1.54) is 15.6 Å². The van der Waals surface area contributed by atoms with Gasteiger partial charge in [-0.1, -0.05) is 12.1 Å². The average molecular weight is 223 g/mol. The topological polar surface area (TPSA) is 78.7 Å². The van der Waals surface area contributed by atoms with E-state index in [4.69, 9.17) is 4.52 Å². The zero-order valence-corrected chi connectivity index (χ0v) is 9.25. The van der Waals surface area contributed by atoms with Crippen molar-refractivity contribution in [2.75, 3.05) is 0 Å². The van der Waals surface area contributed by atoms with Gasteiger partial charge in [0, 0.05) is 13.5 Å². The molecule has 0 N–H and O–H groups in total. The Balaban J connectivity index is 2.14. The zero-order chi connectivity index (χ0) is 11.5. The van der Waals surface area contributed by atoms with Crippen LogP contribution in [-0.4, -0.2) is 24.5 Å². The number of hydrogen-bond donors (Lipinski definition) is 0. The fourth-order valence-electron chi connectivity index (χ4n) is 1.33. The molecule has 0 aliphatic carbocycles. The molecule has 0 radical (unpaired) electrons. The van der Waals surface area contributed by atoms with Crippen LogP contribution in [0, 0.1) is 0 Å². The molecule has 0 aliphatic heterocycles. The molecule has 0 unspecified atom stereocenters. The van der Waals surface area contributed by atoms with E-state index in [0.717, 1.165) is 12.8 Å². The lowest BCUT2D eigenvalue weighted by Crippen LogP contribution is -2.23. The van der Waals surface area contributed by atoms with Crippen molar-refractivity contribution in [1.82, 2.24) is 24.5 Å². The van der Waals surface area contributed by atoms with Crippen LogP contribution < -0.4 is 5.69 Å². The van der Waals surface area contributed by atoms with E-state index in [-0.39, 0.29) is 12.2 Å². The van der Waals surface area contributed by atoms with E-state index < -0.39 is 0 Å². The molecule has 0 aliphatic rings. The Morgan fingerprint density at radius 2 is 2.31 bits per heavy atom. The molecule has 2 aromatic rings. The van der Waals surface area contributed by atoms with Gasteiger partial charge in [0.05, 0.1) is 0 Å². The van der Waals surface area contributed by atoms with Gasteiger partial charge in [-0.3, -0.25) is 4.57 Å². The maximum atomic E-state index is 11.5. The van der Waals surface area contributed by atoms with Crippen LogP contribution in [0.3, 0.4) is 0 Å². The molecular formula is C9H13N5O2. The van der Waals surface area contributed by atoms with E-state index in [0.29, 0.717) is 11.7 Å². The third-order valence-corrected chi connectivity index (χ3v) is 2.15. The summed E-state index contributed by atoms with van der Waals surface area (Å²) in [5.74, 6) is 1.07. The van der Waals surface area contributed by atoms with Crippen molar-refractivity contribution in [2.24, 2.45) is 7.05 Å². The molecule has 0 fully saturated rings. The molecule has 7 nitrogen and oxygen atoms in total. The van der Waals surface area contributed by atoms with Gasteiger partial charge in [-0.05, 0) is 6.42 Å². The van der Waals surface area contributed by atoms with Gasteiger partial charge in [-0.2, -0.15) is 10.1 Å². The standard InChI is InChI=1S/C9H13N5O2/c1-3-4-8-11-7(12-16-8)5-14-9(15)13(2)6-10-14/h6H,3-5H2,1-2H3. The molecule has 0 bridgehead atoms. The summed E-state index contributed by atoms with van der Waals surface area (Å²) in [6, 6.07) is 0. The Morgan fingerprint density at radius 1 is 1.50 bits per heavy atom. The molecule has 0 amide bonds. The summed E-state index contributed by atoms with van der Waals surface area (Å²) in [5, 5.41) is 7.70. The van der Waals surface area contributed by atoms with Crippen LogP contribution in [0.1, 0.15) is 25.1 Å². The van der Waals surface area contributed by atoms with Gasteiger partial charge in [0.2, 0.25) is 5.89 Å². The smallest absolute Gasteiger partial charge is 0.339 e. The van der Waals surface area contributed by atoms with Gasteiger partial charge >= 0.3 is 5.69 Å². The first kappa shape index (κ1) is 10.6. The van der Waals surface area contributed by atoms with Crippen LogP contribution in [0.25, 0.3) is 0 Å². The Labute approximate surface area is 91.7 Å². The summed E-state index contributed by atoms with van der Waals surface area (Å²) >= 11 is 0. The highest BCUT2D eigenvalue weighted by Crippen LogP contribution is 2.00. The first-order valence-electron chi connectivity index (χ1n) is 5.10. The van der Waals surface area contributed by atoms with Gasteiger partial charge in [-0.25, -0.2) is 9.48 Å². The first-order chi connectivity index (χ1) is 7.70. The molecule has 0 saturated heterocycles. The summed E-state index contributed by atoms with van der Waals surface area (Å²) in [5.41, 5.74) is -0.193. The second-order valence-electron chi connectivity index (χ2n) is 3.54. The molecule has 2 aromatic heterocycles. The summed E-state index contributed by atoms with van der Waals surface area (Å²) in [4.78, 5) is 15.6. The quantitative estimate of drug-likeness (QED) is 0.727. The molecule has 2 heterocycles. The van der Waals surface area contributed by atoms with Crippen LogP contribution >= 0.6 is 0 Å². The average Bonchev–Trinajstić information content (AvgIpc) is 2.82. The first-order valence-corrected chi connectivity index (χ1v) is 5.10. The third-order valence-electron chi connectivity index (χ3n) is 2.15. The Hall–Kier alpha value is -1.92. The number of hydrogen-bond acceptors (Lipinski definition) is 5. The molecule has 0 saturated carbocycles. The molecule has 0 atom stereocenters. The van der Waals surface area contributed by atoms with Crippen molar-refractivity contribution in [2.45, 2.75) is 26.3 Å². The third kappa shape index (κ3) is 2.02. The Bertz CT molecular complexity index is 524. The summed E-state index contributed by atoms with van der Waals surface area (Å²) in [6.45, 7) is 2.28. The minimum atomic E-state index is -0.193. The van der Waals surface area contributed by atoms with Gasteiger partial charge in [0.1, 0.15) is 12.9 Å². The highest BCUT2D eigenvalue weighted by Gasteiger charge is 2.08. The normalized spacial score (nSPS) is 10.9. The van der Waals surface area contributed by atoms with Gasteiger partial charge in [-0.15, -0.1) is 0 Å².